The van der Waals surface area contributed by atoms with E-state index in [9.17, 15) is 19.7 Å². The number of nitro benzene ring substituents is 1. The van der Waals surface area contributed by atoms with Gasteiger partial charge in [-0.15, -0.1) is 0 Å². The molecule has 0 saturated carbocycles. The van der Waals surface area contributed by atoms with E-state index in [2.05, 4.69) is 10.5 Å². The average Bonchev–Trinajstić information content (AvgIpc) is 3.56. The molecule has 0 radical (unpaired) electrons. The summed E-state index contributed by atoms with van der Waals surface area (Å²) in [4.78, 5) is 45.2. The summed E-state index contributed by atoms with van der Waals surface area (Å²) in [5.74, 6) is 0.144. The number of aromatic nitrogens is 1. The quantitative estimate of drug-likeness (QED) is 0.358. The van der Waals surface area contributed by atoms with Gasteiger partial charge in [0.25, 0.3) is 5.69 Å². The van der Waals surface area contributed by atoms with E-state index in [-0.39, 0.29) is 35.8 Å². The van der Waals surface area contributed by atoms with Crippen LogP contribution < -0.4 is 10.1 Å². The number of carbonyl (C=O) groups is 2. The van der Waals surface area contributed by atoms with Gasteiger partial charge in [0.2, 0.25) is 5.91 Å². The van der Waals surface area contributed by atoms with Crippen molar-refractivity contribution in [2.75, 3.05) is 19.6 Å². The lowest BCUT2D eigenvalue weighted by Gasteiger charge is -2.34. The van der Waals surface area contributed by atoms with E-state index in [4.69, 9.17) is 25.9 Å². The molecule has 2 aliphatic rings. The Morgan fingerprint density at radius 1 is 1.23 bits per heavy atom. The molecule has 3 amide bonds. The third-order valence-electron chi connectivity index (χ3n) is 6.33. The smallest absolute Gasteiger partial charge is 0.326 e. The fraction of sp³-hybridized carbons (Fsp3) is 0.308. The van der Waals surface area contributed by atoms with Crippen molar-refractivity contribution >= 4 is 35.1 Å². The molecule has 13 heteroatoms. The fourth-order valence-electron chi connectivity index (χ4n) is 4.65. The van der Waals surface area contributed by atoms with Crippen LogP contribution in [0.1, 0.15) is 42.8 Å². The highest BCUT2D eigenvalue weighted by Crippen LogP contribution is 2.45. The maximum atomic E-state index is 14.1. The van der Waals surface area contributed by atoms with Gasteiger partial charge in [-0.2, -0.15) is 0 Å². The molecule has 3 heterocycles. The molecule has 1 aromatic heterocycles. The van der Waals surface area contributed by atoms with Gasteiger partial charge in [0, 0.05) is 30.2 Å². The summed E-state index contributed by atoms with van der Waals surface area (Å²) < 4.78 is 11.1. The van der Waals surface area contributed by atoms with Crippen LogP contribution in [0, 0.1) is 10.1 Å². The van der Waals surface area contributed by atoms with Crippen LogP contribution in [0.2, 0.25) is 5.02 Å². The summed E-state index contributed by atoms with van der Waals surface area (Å²) in [6.07, 6.45) is 1.09. The SMILES string of the molecule is CC(C)Oc1cc([N+](=O)[O-])ccc1C1=N[C@@H](c2ccc(Cl)cc2)[C@@H](c2ccon2)N1C(=O)N1CCNC(=O)C1. The Morgan fingerprint density at radius 3 is 2.64 bits per heavy atom. The second-order valence-electron chi connectivity index (χ2n) is 9.35. The molecule has 2 aliphatic heterocycles. The van der Waals surface area contributed by atoms with Crippen molar-refractivity contribution in [1.82, 2.24) is 20.3 Å². The largest absolute Gasteiger partial charge is 0.490 e. The molecule has 2 atom stereocenters. The van der Waals surface area contributed by atoms with Gasteiger partial charge in [0.15, 0.2) is 0 Å². The van der Waals surface area contributed by atoms with Crippen molar-refractivity contribution in [3.63, 3.8) is 0 Å². The molecular formula is C26H25ClN6O6. The van der Waals surface area contributed by atoms with Gasteiger partial charge in [-0.25, -0.2) is 4.79 Å². The minimum atomic E-state index is -0.750. The zero-order chi connectivity index (χ0) is 27.7. The molecule has 0 aliphatic carbocycles. The predicted octanol–water partition coefficient (Wildman–Crippen LogP) is 4.12. The first-order valence-electron chi connectivity index (χ1n) is 12.3. The van der Waals surface area contributed by atoms with Gasteiger partial charge in [0.1, 0.15) is 42.2 Å². The molecule has 39 heavy (non-hydrogen) atoms. The van der Waals surface area contributed by atoms with Crippen molar-refractivity contribution in [2.24, 2.45) is 4.99 Å². The van der Waals surface area contributed by atoms with E-state index in [1.807, 2.05) is 12.1 Å². The molecule has 0 spiro atoms. The number of amides is 3. The standard InChI is InChI=1S/C26H25ClN6O6/c1-15(2)39-21-13-18(33(36)37)7-8-19(21)25-29-23(16-3-5-17(27)6-4-16)24(20-9-12-38-30-20)32(25)26(35)31-11-10-28-22(34)14-31/h3-9,12-13,15,23-24H,10-11,14H2,1-2H3,(H,28,34)/t23-,24+/m0/s1. The lowest BCUT2D eigenvalue weighted by Crippen LogP contribution is -2.55. The minimum absolute atomic E-state index is 0.130. The summed E-state index contributed by atoms with van der Waals surface area (Å²) in [7, 11) is 0. The Labute approximate surface area is 228 Å². The van der Waals surface area contributed by atoms with Crippen LogP contribution in [-0.4, -0.2) is 63.4 Å². The Bertz CT molecular complexity index is 1430. The first kappa shape index (κ1) is 26.2. The van der Waals surface area contributed by atoms with E-state index in [0.717, 1.165) is 5.56 Å². The molecule has 1 fully saturated rings. The third-order valence-corrected chi connectivity index (χ3v) is 6.59. The Hall–Kier alpha value is -4.45. The minimum Gasteiger partial charge on any atom is -0.490 e. The highest BCUT2D eigenvalue weighted by atomic mass is 35.5. The van der Waals surface area contributed by atoms with Crippen molar-refractivity contribution in [3.8, 4) is 5.75 Å². The third kappa shape index (κ3) is 5.28. The van der Waals surface area contributed by atoms with Gasteiger partial charge in [-0.1, -0.05) is 28.9 Å². The molecule has 2 aromatic carbocycles. The summed E-state index contributed by atoms with van der Waals surface area (Å²) in [5.41, 5.74) is 1.41. The number of hydrogen-bond acceptors (Lipinski definition) is 8. The second kappa shape index (κ2) is 10.7. The van der Waals surface area contributed by atoms with Crippen molar-refractivity contribution < 1.29 is 23.8 Å². The number of aliphatic imine (C=N–C) groups is 1. The number of carbonyl (C=O) groups excluding carboxylic acids is 2. The zero-order valence-corrected chi connectivity index (χ0v) is 21.9. The van der Waals surface area contributed by atoms with Crippen LogP contribution in [0.4, 0.5) is 10.5 Å². The number of urea groups is 1. The van der Waals surface area contributed by atoms with E-state index in [1.165, 1.54) is 34.3 Å². The molecule has 3 aromatic rings. The predicted molar refractivity (Wildman–Crippen MR) is 141 cm³/mol. The Balaban J connectivity index is 1.70. The molecule has 0 unspecified atom stereocenters. The maximum Gasteiger partial charge on any atom is 0.326 e. The number of nitro groups is 1. The number of nitrogens with zero attached hydrogens (tertiary/aromatic N) is 5. The topological polar surface area (TPSA) is 143 Å². The number of nitrogens with one attached hydrogen (secondary N) is 1. The van der Waals surface area contributed by atoms with E-state index >= 15 is 0 Å². The zero-order valence-electron chi connectivity index (χ0n) is 21.1. The number of amidine groups is 1. The van der Waals surface area contributed by atoms with Gasteiger partial charge in [0.05, 0.1) is 22.7 Å². The van der Waals surface area contributed by atoms with Gasteiger partial charge in [-0.3, -0.25) is 24.8 Å². The highest BCUT2D eigenvalue weighted by Gasteiger charge is 2.46. The van der Waals surface area contributed by atoms with Crippen molar-refractivity contribution in [2.45, 2.75) is 32.0 Å². The van der Waals surface area contributed by atoms with Crippen LogP contribution in [-0.2, 0) is 4.79 Å². The lowest BCUT2D eigenvalue weighted by atomic mass is 9.97. The van der Waals surface area contributed by atoms with Crippen molar-refractivity contribution in [1.29, 1.82) is 0 Å². The second-order valence-corrected chi connectivity index (χ2v) is 9.78. The van der Waals surface area contributed by atoms with E-state index in [0.29, 0.717) is 29.4 Å². The summed E-state index contributed by atoms with van der Waals surface area (Å²) in [6, 6.07) is 11.0. The van der Waals surface area contributed by atoms with Crippen molar-refractivity contribution in [3.05, 3.63) is 86.8 Å². The highest BCUT2D eigenvalue weighted by molar-refractivity contribution is 6.30. The normalized spacial score (nSPS) is 19.2. The molecule has 12 nitrogen and oxygen atoms in total. The summed E-state index contributed by atoms with van der Waals surface area (Å²) >= 11 is 6.14. The first-order valence-corrected chi connectivity index (χ1v) is 12.6. The number of ether oxygens (including phenoxy) is 1. The molecule has 202 valence electrons. The monoisotopic (exact) mass is 552 g/mol. The van der Waals surface area contributed by atoms with E-state index in [1.54, 1.807) is 32.0 Å². The molecule has 1 saturated heterocycles. The Morgan fingerprint density at radius 2 is 2.00 bits per heavy atom. The Kier molecular flexibility index (Phi) is 7.20. The number of rotatable bonds is 6. The van der Waals surface area contributed by atoms with Gasteiger partial charge < -0.3 is 19.5 Å². The summed E-state index contributed by atoms with van der Waals surface area (Å²) in [6.45, 7) is 4.06. The number of halogens is 1. The average molecular weight is 553 g/mol. The van der Waals surface area contributed by atoms with Crippen LogP contribution >= 0.6 is 11.6 Å². The lowest BCUT2D eigenvalue weighted by molar-refractivity contribution is -0.384. The van der Waals surface area contributed by atoms with E-state index < -0.39 is 23.0 Å². The fourth-order valence-corrected chi connectivity index (χ4v) is 4.77. The number of hydrogen-bond donors (Lipinski definition) is 1. The molecule has 5 rings (SSSR count). The summed E-state index contributed by atoms with van der Waals surface area (Å²) in [5, 5.41) is 18.9. The van der Waals surface area contributed by atoms with Crippen LogP contribution in [0.15, 0.2) is 64.3 Å². The van der Waals surface area contributed by atoms with Gasteiger partial charge >= 0.3 is 6.03 Å². The number of benzene rings is 2. The first-order chi connectivity index (χ1) is 18.7. The maximum absolute atomic E-state index is 14.1. The molecule has 0 bridgehead atoms. The molecule has 1 N–H and O–H groups in total. The number of non-ortho nitro benzene ring substituents is 1. The van der Waals surface area contributed by atoms with Crippen LogP contribution in [0.25, 0.3) is 0 Å². The molecular weight excluding hydrogens is 528 g/mol. The van der Waals surface area contributed by atoms with Gasteiger partial charge in [-0.05, 0) is 37.6 Å². The van der Waals surface area contributed by atoms with Crippen LogP contribution in [0.5, 0.6) is 5.75 Å². The van der Waals surface area contributed by atoms with Crippen LogP contribution in [0.3, 0.4) is 0 Å². The number of piperazine rings is 1.